The standard InChI is InChI=1S/C18H24N2O4.C2H6/c1-13-10-15(4-3-7-21)12-17(19)20(13)16(18(22)23-2)11-14-5-8-24-9-6-14;1-2/h10,12,14,16,19,21H,5-9,11H2,1-2H3;1-2H3. The van der Waals surface area contributed by atoms with Crippen molar-refractivity contribution in [3.63, 3.8) is 0 Å². The topological polar surface area (TPSA) is 84.5 Å². The van der Waals surface area contributed by atoms with Crippen LogP contribution in [0.5, 0.6) is 0 Å². The van der Waals surface area contributed by atoms with E-state index in [2.05, 4.69) is 11.8 Å². The van der Waals surface area contributed by atoms with Gasteiger partial charge in [-0.15, -0.1) is 0 Å². The van der Waals surface area contributed by atoms with Gasteiger partial charge in [0, 0.05) is 24.5 Å². The molecule has 1 fully saturated rings. The highest BCUT2D eigenvalue weighted by Gasteiger charge is 2.27. The van der Waals surface area contributed by atoms with Crippen molar-refractivity contribution < 1.29 is 19.4 Å². The van der Waals surface area contributed by atoms with Gasteiger partial charge in [0.1, 0.15) is 18.1 Å². The van der Waals surface area contributed by atoms with Crippen molar-refractivity contribution in [2.24, 2.45) is 5.92 Å². The number of nitrogens with zero attached hydrogens (tertiary/aromatic N) is 1. The predicted octanol–water partition coefficient (Wildman–Crippen LogP) is 2.18. The normalized spacial score (nSPS) is 15.1. The summed E-state index contributed by atoms with van der Waals surface area (Å²) < 4.78 is 12.1. The number of carbonyl (C=O) groups is 1. The molecule has 6 heteroatoms. The van der Waals surface area contributed by atoms with Gasteiger partial charge < -0.3 is 19.1 Å². The molecule has 2 rings (SSSR count). The van der Waals surface area contributed by atoms with E-state index >= 15 is 0 Å². The molecule has 0 amide bonds. The molecule has 0 spiro atoms. The van der Waals surface area contributed by atoms with Crippen molar-refractivity contribution in [3.05, 3.63) is 28.9 Å². The second-order valence-corrected chi connectivity index (χ2v) is 5.93. The first-order chi connectivity index (χ1) is 12.6. The van der Waals surface area contributed by atoms with Crippen molar-refractivity contribution in [3.8, 4) is 11.8 Å². The average Bonchev–Trinajstić information content (AvgIpc) is 2.66. The lowest BCUT2D eigenvalue weighted by molar-refractivity contribution is -0.145. The minimum atomic E-state index is -0.523. The Hall–Kier alpha value is -2.10. The SMILES string of the molecule is CC.COC(=O)C(CC1CCOCC1)n1c(C)cc(C#CCO)cc1=N. The van der Waals surface area contributed by atoms with Crippen LogP contribution in [-0.2, 0) is 14.3 Å². The Labute approximate surface area is 155 Å². The van der Waals surface area contributed by atoms with E-state index in [0.717, 1.165) is 18.5 Å². The Balaban J connectivity index is 0.00000163. The van der Waals surface area contributed by atoms with Gasteiger partial charge in [-0.3, -0.25) is 5.41 Å². The molecule has 1 aromatic heterocycles. The van der Waals surface area contributed by atoms with Crippen molar-refractivity contribution in [2.75, 3.05) is 26.9 Å². The third kappa shape index (κ3) is 6.01. The highest BCUT2D eigenvalue weighted by atomic mass is 16.5. The summed E-state index contributed by atoms with van der Waals surface area (Å²) in [5.74, 6) is 5.42. The van der Waals surface area contributed by atoms with E-state index < -0.39 is 6.04 Å². The first-order valence-electron chi connectivity index (χ1n) is 9.10. The number of esters is 1. The molecular weight excluding hydrogens is 332 g/mol. The van der Waals surface area contributed by atoms with Crippen LogP contribution in [0.4, 0.5) is 0 Å². The van der Waals surface area contributed by atoms with Crippen molar-refractivity contribution in [2.45, 2.75) is 46.1 Å². The maximum absolute atomic E-state index is 12.3. The maximum Gasteiger partial charge on any atom is 0.328 e. The van der Waals surface area contributed by atoms with E-state index in [4.69, 9.17) is 20.0 Å². The van der Waals surface area contributed by atoms with Crippen molar-refractivity contribution >= 4 is 5.97 Å². The number of hydrogen-bond donors (Lipinski definition) is 2. The zero-order valence-electron chi connectivity index (χ0n) is 16.2. The molecule has 1 aromatic rings. The van der Waals surface area contributed by atoms with Gasteiger partial charge in [-0.1, -0.05) is 25.7 Å². The van der Waals surface area contributed by atoms with Crippen LogP contribution in [0.15, 0.2) is 12.1 Å². The molecule has 144 valence electrons. The minimum Gasteiger partial charge on any atom is -0.467 e. The molecule has 1 atom stereocenters. The largest absolute Gasteiger partial charge is 0.467 e. The van der Waals surface area contributed by atoms with E-state index in [1.165, 1.54) is 7.11 Å². The molecule has 1 aliphatic heterocycles. The van der Waals surface area contributed by atoms with Gasteiger partial charge in [-0.25, -0.2) is 4.79 Å². The zero-order valence-corrected chi connectivity index (χ0v) is 16.2. The summed E-state index contributed by atoms with van der Waals surface area (Å²) in [4.78, 5) is 12.3. The molecule has 0 saturated carbocycles. The van der Waals surface area contributed by atoms with Gasteiger partial charge in [0.15, 0.2) is 0 Å². The van der Waals surface area contributed by atoms with E-state index in [1.54, 1.807) is 10.6 Å². The van der Waals surface area contributed by atoms with E-state index in [9.17, 15) is 4.79 Å². The highest BCUT2D eigenvalue weighted by molar-refractivity contribution is 5.74. The fourth-order valence-corrected chi connectivity index (χ4v) is 3.11. The average molecular weight is 362 g/mol. The Kier molecular flexibility index (Phi) is 9.71. The molecule has 0 radical (unpaired) electrons. The summed E-state index contributed by atoms with van der Waals surface area (Å²) in [7, 11) is 1.37. The lowest BCUT2D eigenvalue weighted by atomic mass is 9.92. The number of hydrogen-bond acceptors (Lipinski definition) is 5. The molecule has 0 aromatic carbocycles. The molecule has 2 heterocycles. The zero-order chi connectivity index (χ0) is 19.5. The van der Waals surface area contributed by atoms with Crippen LogP contribution >= 0.6 is 0 Å². The monoisotopic (exact) mass is 362 g/mol. The lowest BCUT2D eigenvalue weighted by Crippen LogP contribution is -2.34. The number of aryl methyl sites for hydroxylation is 1. The molecule has 1 unspecified atom stereocenters. The third-order valence-corrected chi connectivity index (χ3v) is 4.29. The summed E-state index contributed by atoms with van der Waals surface area (Å²) in [5.41, 5.74) is 1.63. The molecule has 0 aliphatic carbocycles. The number of aliphatic hydroxyl groups is 1. The number of pyridine rings is 1. The Morgan fingerprint density at radius 3 is 2.62 bits per heavy atom. The third-order valence-electron chi connectivity index (χ3n) is 4.29. The summed E-state index contributed by atoms with van der Waals surface area (Å²) >= 11 is 0. The Morgan fingerprint density at radius 1 is 1.42 bits per heavy atom. The van der Waals surface area contributed by atoms with Gasteiger partial charge in [-0.05, 0) is 44.2 Å². The van der Waals surface area contributed by atoms with Crippen LogP contribution in [0.1, 0.15) is 50.4 Å². The molecule has 1 aliphatic rings. The van der Waals surface area contributed by atoms with Crippen LogP contribution in [0.2, 0.25) is 0 Å². The maximum atomic E-state index is 12.3. The predicted molar refractivity (Wildman–Crippen MR) is 99.5 cm³/mol. The number of carbonyl (C=O) groups excluding carboxylic acids is 1. The lowest BCUT2D eigenvalue weighted by Gasteiger charge is -2.28. The molecule has 2 N–H and O–H groups in total. The van der Waals surface area contributed by atoms with Gasteiger partial charge in [0.25, 0.3) is 0 Å². The van der Waals surface area contributed by atoms with Crippen molar-refractivity contribution in [1.29, 1.82) is 5.41 Å². The van der Waals surface area contributed by atoms with E-state index in [0.29, 0.717) is 31.1 Å². The molecule has 6 nitrogen and oxygen atoms in total. The number of aliphatic hydroxyl groups excluding tert-OH is 1. The first-order valence-corrected chi connectivity index (χ1v) is 9.10. The smallest absolute Gasteiger partial charge is 0.328 e. The van der Waals surface area contributed by atoms with Gasteiger partial charge >= 0.3 is 5.97 Å². The highest BCUT2D eigenvalue weighted by Crippen LogP contribution is 2.26. The number of methoxy groups -OCH3 is 1. The second-order valence-electron chi connectivity index (χ2n) is 5.93. The molecule has 26 heavy (non-hydrogen) atoms. The summed E-state index contributed by atoms with van der Waals surface area (Å²) in [5, 5.41) is 17.1. The first kappa shape index (κ1) is 21.9. The minimum absolute atomic E-state index is 0.208. The van der Waals surface area contributed by atoms with Crippen LogP contribution in [0.25, 0.3) is 0 Å². The number of nitrogens with one attached hydrogen (secondary N) is 1. The number of ether oxygens (including phenoxy) is 2. The van der Waals surface area contributed by atoms with Gasteiger partial charge in [-0.2, -0.15) is 0 Å². The summed E-state index contributed by atoms with van der Waals surface area (Å²) in [6.07, 6.45) is 2.47. The van der Waals surface area contributed by atoms with E-state index in [-0.39, 0.29) is 18.1 Å². The fraction of sp³-hybridized carbons (Fsp3) is 0.600. The quantitative estimate of drug-likeness (QED) is 0.635. The summed E-state index contributed by atoms with van der Waals surface area (Å²) in [6, 6.07) is 2.90. The van der Waals surface area contributed by atoms with Gasteiger partial charge in [0.2, 0.25) is 0 Å². The molecule has 0 bridgehead atoms. The van der Waals surface area contributed by atoms with E-state index in [1.807, 2.05) is 26.8 Å². The second kappa shape index (κ2) is 11.5. The summed E-state index contributed by atoms with van der Waals surface area (Å²) in [6.45, 7) is 7.05. The molecular formula is C20H30N2O4. The van der Waals surface area contributed by atoms with Crippen LogP contribution in [-0.4, -0.2) is 42.6 Å². The Morgan fingerprint density at radius 2 is 2.08 bits per heavy atom. The number of aromatic nitrogens is 1. The number of rotatable bonds is 4. The Bertz CT molecular complexity index is 694. The fourth-order valence-electron chi connectivity index (χ4n) is 3.11. The van der Waals surface area contributed by atoms with Crippen LogP contribution < -0.4 is 5.49 Å². The van der Waals surface area contributed by atoms with Gasteiger partial charge in [0.05, 0.1) is 7.11 Å². The van der Waals surface area contributed by atoms with Crippen LogP contribution in [0, 0.1) is 30.1 Å². The van der Waals surface area contributed by atoms with Crippen LogP contribution in [0.3, 0.4) is 0 Å². The van der Waals surface area contributed by atoms with Crippen molar-refractivity contribution in [1.82, 2.24) is 4.57 Å². The molecule has 1 saturated heterocycles.